The van der Waals surface area contributed by atoms with Crippen LogP contribution in [-0.4, -0.2) is 19.7 Å². The minimum absolute atomic E-state index is 0.0120. The van der Waals surface area contributed by atoms with E-state index in [0.29, 0.717) is 10.7 Å². The zero-order chi connectivity index (χ0) is 10.8. The molecule has 0 atom stereocenters. The quantitative estimate of drug-likeness (QED) is 0.589. The predicted octanol–water partition coefficient (Wildman–Crippen LogP) is 1.52. The summed E-state index contributed by atoms with van der Waals surface area (Å²) in [6.07, 6.45) is 1.00. The number of hydrogen-bond donors (Lipinski definition) is 0. The maximum Gasteiger partial charge on any atom is 0.264 e. The second-order valence-electron chi connectivity index (χ2n) is 2.91. The van der Waals surface area contributed by atoms with E-state index in [9.17, 15) is 8.42 Å². The molecule has 0 N–H and O–H groups in total. The third kappa shape index (κ3) is 4.04. The Hall–Kier alpha value is -0.650. The molecule has 0 aliphatic heterocycles. The molecule has 1 heterocycles. The molecule has 1 rings (SSSR count). The van der Waals surface area contributed by atoms with Crippen LogP contribution < -0.4 is 0 Å². The molecular formula is C8H10ClNO3S. The maximum atomic E-state index is 10.7. The van der Waals surface area contributed by atoms with Crippen molar-refractivity contribution in [3.05, 3.63) is 28.5 Å². The second-order valence-corrected chi connectivity index (χ2v) is 4.94. The zero-order valence-corrected chi connectivity index (χ0v) is 9.39. The summed E-state index contributed by atoms with van der Waals surface area (Å²) in [6, 6.07) is 3.29. The Labute approximate surface area is 88.0 Å². The van der Waals surface area contributed by atoms with Crippen molar-refractivity contribution in [3.8, 4) is 0 Å². The van der Waals surface area contributed by atoms with Crippen LogP contribution in [0.4, 0.5) is 0 Å². The highest BCUT2D eigenvalue weighted by Crippen LogP contribution is 2.11. The van der Waals surface area contributed by atoms with E-state index < -0.39 is 10.1 Å². The van der Waals surface area contributed by atoms with Crippen molar-refractivity contribution in [1.82, 2.24) is 4.98 Å². The monoisotopic (exact) mass is 235 g/mol. The smallest absolute Gasteiger partial charge is 0.264 e. The van der Waals surface area contributed by atoms with Crippen LogP contribution in [0.25, 0.3) is 0 Å². The standard InChI is InChI=1S/C8H10ClNO3S/c1-6-3-7(4-8(9)10-6)5-13-14(2,11)12/h3-4H,5H2,1-2H3. The van der Waals surface area contributed by atoms with Gasteiger partial charge in [0.05, 0.1) is 12.9 Å². The van der Waals surface area contributed by atoms with Gasteiger partial charge in [-0.05, 0) is 24.6 Å². The van der Waals surface area contributed by atoms with E-state index in [0.717, 1.165) is 11.9 Å². The minimum Gasteiger partial charge on any atom is -0.265 e. The van der Waals surface area contributed by atoms with Gasteiger partial charge in [-0.3, -0.25) is 4.18 Å². The zero-order valence-electron chi connectivity index (χ0n) is 7.82. The van der Waals surface area contributed by atoms with Crippen LogP contribution in [0.15, 0.2) is 12.1 Å². The van der Waals surface area contributed by atoms with Gasteiger partial charge in [-0.2, -0.15) is 8.42 Å². The molecule has 0 saturated heterocycles. The van der Waals surface area contributed by atoms with E-state index in [1.165, 1.54) is 0 Å². The molecule has 78 valence electrons. The van der Waals surface area contributed by atoms with Crippen LogP contribution in [0, 0.1) is 6.92 Å². The second kappa shape index (κ2) is 4.25. The summed E-state index contributed by atoms with van der Waals surface area (Å²) in [6.45, 7) is 1.76. The van der Waals surface area contributed by atoms with E-state index in [-0.39, 0.29) is 6.61 Å². The highest BCUT2D eigenvalue weighted by molar-refractivity contribution is 7.85. The van der Waals surface area contributed by atoms with Gasteiger partial charge in [-0.15, -0.1) is 0 Å². The molecule has 0 amide bonds. The van der Waals surface area contributed by atoms with Gasteiger partial charge in [0.2, 0.25) is 0 Å². The van der Waals surface area contributed by atoms with Gasteiger partial charge in [0.15, 0.2) is 0 Å². The summed E-state index contributed by atoms with van der Waals surface area (Å²) < 4.78 is 26.0. The number of pyridine rings is 1. The fourth-order valence-corrected chi connectivity index (χ4v) is 1.58. The van der Waals surface area contributed by atoms with Gasteiger partial charge < -0.3 is 0 Å². The summed E-state index contributed by atoms with van der Waals surface area (Å²) in [5.41, 5.74) is 1.41. The van der Waals surface area contributed by atoms with Crippen molar-refractivity contribution in [2.75, 3.05) is 6.26 Å². The molecule has 0 radical (unpaired) electrons. The molecule has 0 spiro atoms. The Morgan fingerprint density at radius 3 is 2.64 bits per heavy atom. The minimum atomic E-state index is -3.41. The lowest BCUT2D eigenvalue weighted by Gasteiger charge is -2.03. The van der Waals surface area contributed by atoms with Gasteiger partial charge in [-0.25, -0.2) is 4.98 Å². The van der Waals surface area contributed by atoms with Crippen LogP contribution in [0.2, 0.25) is 5.15 Å². The number of aromatic nitrogens is 1. The summed E-state index contributed by atoms with van der Waals surface area (Å²) in [7, 11) is -3.41. The molecule has 1 aromatic heterocycles. The topological polar surface area (TPSA) is 56.3 Å². The van der Waals surface area contributed by atoms with Crippen molar-refractivity contribution >= 4 is 21.7 Å². The molecule has 4 nitrogen and oxygen atoms in total. The number of nitrogens with zero attached hydrogens (tertiary/aromatic N) is 1. The molecule has 1 aromatic rings. The first-order chi connectivity index (χ1) is 6.37. The highest BCUT2D eigenvalue weighted by atomic mass is 35.5. The van der Waals surface area contributed by atoms with Gasteiger partial charge in [0.25, 0.3) is 10.1 Å². The molecule has 0 fully saturated rings. The van der Waals surface area contributed by atoms with E-state index in [1.807, 2.05) is 0 Å². The molecule has 0 bridgehead atoms. The SMILES string of the molecule is Cc1cc(COS(C)(=O)=O)cc(Cl)n1. The predicted molar refractivity (Wildman–Crippen MR) is 53.6 cm³/mol. The van der Waals surface area contributed by atoms with Crippen LogP contribution in [-0.2, 0) is 20.9 Å². The maximum absolute atomic E-state index is 10.7. The first-order valence-corrected chi connectivity index (χ1v) is 6.04. The fraction of sp³-hybridized carbons (Fsp3) is 0.375. The lowest BCUT2D eigenvalue weighted by molar-refractivity contribution is 0.311. The lowest BCUT2D eigenvalue weighted by atomic mass is 10.2. The van der Waals surface area contributed by atoms with Crippen molar-refractivity contribution in [1.29, 1.82) is 0 Å². The van der Waals surface area contributed by atoms with Gasteiger partial charge in [0, 0.05) is 5.69 Å². The number of aryl methyl sites for hydroxylation is 1. The Bertz CT molecular complexity index is 410. The number of halogens is 1. The summed E-state index contributed by atoms with van der Waals surface area (Å²) in [5, 5.41) is 0.331. The summed E-state index contributed by atoms with van der Waals surface area (Å²) in [5.74, 6) is 0. The first kappa shape index (κ1) is 11.4. The Balaban J connectivity index is 2.78. The number of rotatable bonds is 3. The third-order valence-electron chi connectivity index (χ3n) is 1.42. The summed E-state index contributed by atoms with van der Waals surface area (Å²) >= 11 is 5.68. The van der Waals surface area contributed by atoms with Gasteiger partial charge in [0.1, 0.15) is 5.15 Å². The summed E-state index contributed by atoms with van der Waals surface area (Å²) in [4.78, 5) is 3.94. The Kier molecular flexibility index (Phi) is 3.47. The van der Waals surface area contributed by atoms with E-state index >= 15 is 0 Å². The molecular weight excluding hydrogens is 226 g/mol. The van der Waals surface area contributed by atoms with Crippen LogP contribution in [0.3, 0.4) is 0 Å². The van der Waals surface area contributed by atoms with Gasteiger partial charge in [-0.1, -0.05) is 11.6 Å². The Morgan fingerprint density at radius 1 is 1.50 bits per heavy atom. The van der Waals surface area contributed by atoms with Crippen molar-refractivity contribution < 1.29 is 12.6 Å². The van der Waals surface area contributed by atoms with Crippen molar-refractivity contribution in [2.24, 2.45) is 0 Å². The average molecular weight is 236 g/mol. The first-order valence-electron chi connectivity index (χ1n) is 3.84. The fourth-order valence-electron chi connectivity index (χ4n) is 0.954. The van der Waals surface area contributed by atoms with E-state index in [1.54, 1.807) is 19.1 Å². The normalized spacial score (nSPS) is 11.6. The van der Waals surface area contributed by atoms with Crippen LogP contribution >= 0.6 is 11.6 Å². The van der Waals surface area contributed by atoms with Crippen molar-refractivity contribution in [2.45, 2.75) is 13.5 Å². The molecule has 0 unspecified atom stereocenters. The molecule has 0 aromatic carbocycles. The molecule has 0 aliphatic carbocycles. The average Bonchev–Trinajstić information content (AvgIpc) is 1.97. The lowest BCUT2D eigenvalue weighted by Crippen LogP contribution is -2.03. The van der Waals surface area contributed by atoms with E-state index in [2.05, 4.69) is 9.17 Å². The van der Waals surface area contributed by atoms with Crippen LogP contribution in [0.5, 0.6) is 0 Å². The molecule has 6 heteroatoms. The van der Waals surface area contributed by atoms with Crippen LogP contribution in [0.1, 0.15) is 11.3 Å². The Morgan fingerprint density at radius 2 is 2.14 bits per heavy atom. The third-order valence-corrected chi connectivity index (χ3v) is 2.16. The number of hydrogen-bond acceptors (Lipinski definition) is 4. The van der Waals surface area contributed by atoms with Crippen molar-refractivity contribution in [3.63, 3.8) is 0 Å². The van der Waals surface area contributed by atoms with Gasteiger partial charge >= 0.3 is 0 Å². The molecule has 0 aliphatic rings. The largest absolute Gasteiger partial charge is 0.265 e. The molecule has 14 heavy (non-hydrogen) atoms. The highest BCUT2D eigenvalue weighted by Gasteiger charge is 2.04. The molecule has 0 saturated carbocycles. The van der Waals surface area contributed by atoms with E-state index in [4.69, 9.17) is 11.6 Å².